The quantitative estimate of drug-likeness (QED) is 0.788. The van der Waals surface area contributed by atoms with Crippen LogP contribution < -0.4 is 4.72 Å². The van der Waals surface area contributed by atoms with Crippen LogP contribution in [0.15, 0.2) is 0 Å². The molecule has 5 nitrogen and oxygen atoms in total. The molecule has 6 heteroatoms. The summed E-state index contributed by atoms with van der Waals surface area (Å²) in [7, 11) is -1.00. The van der Waals surface area contributed by atoms with Crippen molar-refractivity contribution in [2.75, 3.05) is 32.9 Å². The van der Waals surface area contributed by atoms with Gasteiger partial charge in [-0.1, -0.05) is 0 Å². The molecule has 2 fully saturated rings. The molecular formula is C11H22N2O3S. The highest BCUT2D eigenvalue weighted by Crippen LogP contribution is 2.35. The SMILES string of the molecule is CN1CC[C@]2(CCC[C@@H](CNS(C)(=O)=O)O2)C1. The number of nitrogens with zero attached hydrogens (tertiary/aromatic N) is 1. The molecule has 17 heavy (non-hydrogen) atoms. The highest BCUT2D eigenvalue weighted by molar-refractivity contribution is 7.88. The van der Waals surface area contributed by atoms with Gasteiger partial charge in [-0.2, -0.15) is 0 Å². The minimum absolute atomic E-state index is 0.0170. The van der Waals surface area contributed by atoms with Gasteiger partial charge in [0.15, 0.2) is 0 Å². The van der Waals surface area contributed by atoms with Gasteiger partial charge in [0.2, 0.25) is 10.0 Å². The summed E-state index contributed by atoms with van der Waals surface area (Å²) in [6.07, 6.45) is 5.48. The fourth-order valence-electron chi connectivity index (χ4n) is 2.86. The van der Waals surface area contributed by atoms with Gasteiger partial charge in [0.05, 0.1) is 18.0 Å². The van der Waals surface area contributed by atoms with Crippen LogP contribution in [0.1, 0.15) is 25.7 Å². The van der Waals surface area contributed by atoms with Crippen molar-refractivity contribution >= 4 is 10.0 Å². The highest BCUT2D eigenvalue weighted by atomic mass is 32.2. The minimum Gasteiger partial charge on any atom is -0.369 e. The third kappa shape index (κ3) is 3.64. The van der Waals surface area contributed by atoms with Gasteiger partial charge in [-0.25, -0.2) is 13.1 Å². The molecule has 2 rings (SSSR count). The number of hydrogen-bond donors (Lipinski definition) is 1. The average molecular weight is 262 g/mol. The van der Waals surface area contributed by atoms with E-state index in [-0.39, 0.29) is 11.7 Å². The van der Waals surface area contributed by atoms with Crippen LogP contribution in [-0.4, -0.2) is 58.0 Å². The smallest absolute Gasteiger partial charge is 0.208 e. The largest absolute Gasteiger partial charge is 0.369 e. The first-order valence-electron chi connectivity index (χ1n) is 6.20. The molecule has 1 N–H and O–H groups in total. The fraction of sp³-hybridized carbons (Fsp3) is 1.00. The molecule has 0 bridgehead atoms. The lowest BCUT2D eigenvalue weighted by molar-refractivity contribution is -0.117. The van der Waals surface area contributed by atoms with Crippen molar-refractivity contribution in [1.29, 1.82) is 0 Å². The Morgan fingerprint density at radius 3 is 2.82 bits per heavy atom. The third-order valence-electron chi connectivity index (χ3n) is 3.66. The second kappa shape index (κ2) is 4.84. The Balaban J connectivity index is 1.89. The maximum Gasteiger partial charge on any atom is 0.208 e. The van der Waals surface area contributed by atoms with E-state index in [1.165, 1.54) is 6.26 Å². The Kier molecular flexibility index (Phi) is 3.77. The van der Waals surface area contributed by atoms with Gasteiger partial charge in [-0.05, 0) is 32.7 Å². The van der Waals surface area contributed by atoms with Gasteiger partial charge in [0.1, 0.15) is 0 Å². The van der Waals surface area contributed by atoms with Crippen LogP contribution >= 0.6 is 0 Å². The van der Waals surface area contributed by atoms with Crippen molar-refractivity contribution < 1.29 is 13.2 Å². The molecule has 0 saturated carbocycles. The number of rotatable bonds is 3. The Hall–Kier alpha value is -0.170. The lowest BCUT2D eigenvalue weighted by atomic mass is 9.90. The predicted octanol–water partition coefficient (Wildman–Crippen LogP) is 0.179. The molecule has 2 aliphatic rings. The molecule has 2 heterocycles. The molecule has 0 aromatic rings. The molecule has 2 saturated heterocycles. The zero-order valence-corrected chi connectivity index (χ0v) is 11.4. The molecular weight excluding hydrogens is 240 g/mol. The second-order valence-corrected chi connectivity index (χ2v) is 7.26. The number of hydrogen-bond acceptors (Lipinski definition) is 4. The summed E-state index contributed by atoms with van der Waals surface area (Å²) in [5, 5.41) is 0. The minimum atomic E-state index is -3.11. The molecule has 0 unspecified atom stereocenters. The molecule has 2 atom stereocenters. The first kappa shape index (κ1) is 13.3. The van der Waals surface area contributed by atoms with Crippen molar-refractivity contribution in [2.45, 2.75) is 37.4 Å². The van der Waals surface area contributed by atoms with Crippen molar-refractivity contribution in [1.82, 2.24) is 9.62 Å². The van der Waals surface area contributed by atoms with Crippen LogP contribution in [0.25, 0.3) is 0 Å². The van der Waals surface area contributed by atoms with Gasteiger partial charge in [-0.15, -0.1) is 0 Å². The molecule has 100 valence electrons. The van der Waals surface area contributed by atoms with E-state index < -0.39 is 10.0 Å². The molecule has 0 amide bonds. The van der Waals surface area contributed by atoms with E-state index in [0.717, 1.165) is 38.8 Å². The fourth-order valence-corrected chi connectivity index (χ4v) is 3.34. The number of ether oxygens (including phenoxy) is 1. The molecule has 0 aromatic carbocycles. The Labute approximate surface area is 104 Å². The van der Waals surface area contributed by atoms with E-state index in [0.29, 0.717) is 6.54 Å². The second-order valence-electron chi connectivity index (χ2n) is 5.42. The average Bonchev–Trinajstić information content (AvgIpc) is 2.56. The Morgan fingerprint density at radius 2 is 2.24 bits per heavy atom. The lowest BCUT2D eigenvalue weighted by Crippen LogP contribution is -2.46. The highest BCUT2D eigenvalue weighted by Gasteiger charge is 2.41. The first-order valence-corrected chi connectivity index (χ1v) is 8.09. The van der Waals surface area contributed by atoms with Crippen LogP contribution in [0.2, 0.25) is 0 Å². The van der Waals surface area contributed by atoms with E-state index in [1.807, 2.05) is 0 Å². The summed E-state index contributed by atoms with van der Waals surface area (Å²) >= 11 is 0. The van der Waals surface area contributed by atoms with Crippen LogP contribution in [0.4, 0.5) is 0 Å². The standard InChI is InChI=1S/C11H22N2O3S/c1-13-7-6-11(9-13)5-3-4-10(16-11)8-12-17(2,14)15/h10,12H,3-9H2,1-2H3/t10-,11+/m0/s1. The zero-order chi connectivity index (χ0) is 12.5. The van der Waals surface area contributed by atoms with E-state index in [4.69, 9.17) is 4.74 Å². The predicted molar refractivity (Wildman–Crippen MR) is 66.4 cm³/mol. The van der Waals surface area contributed by atoms with E-state index in [1.54, 1.807) is 0 Å². The molecule has 0 aromatic heterocycles. The van der Waals surface area contributed by atoms with Crippen LogP contribution in [0, 0.1) is 0 Å². The molecule has 0 aliphatic carbocycles. The molecule has 1 spiro atoms. The maximum absolute atomic E-state index is 11.1. The van der Waals surface area contributed by atoms with E-state index in [9.17, 15) is 8.42 Å². The number of likely N-dealkylation sites (tertiary alicyclic amines) is 1. The summed E-state index contributed by atoms with van der Waals surface area (Å²) in [4.78, 5) is 2.28. The lowest BCUT2D eigenvalue weighted by Gasteiger charge is -2.38. The number of likely N-dealkylation sites (N-methyl/N-ethyl adjacent to an activating group) is 1. The van der Waals surface area contributed by atoms with Crippen molar-refractivity contribution in [2.24, 2.45) is 0 Å². The van der Waals surface area contributed by atoms with Crippen molar-refractivity contribution in [3.05, 3.63) is 0 Å². The summed E-state index contributed by atoms with van der Waals surface area (Å²) in [6, 6.07) is 0. The first-order chi connectivity index (χ1) is 7.89. The van der Waals surface area contributed by atoms with Gasteiger partial charge in [0.25, 0.3) is 0 Å². The van der Waals surface area contributed by atoms with Crippen molar-refractivity contribution in [3.63, 3.8) is 0 Å². The van der Waals surface area contributed by atoms with E-state index in [2.05, 4.69) is 16.7 Å². The maximum atomic E-state index is 11.1. The summed E-state index contributed by atoms with van der Waals surface area (Å²) in [6.45, 7) is 2.46. The molecule has 2 aliphatic heterocycles. The summed E-state index contributed by atoms with van der Waals surface area (Å²) in [5.41, 5.74) is -0.0170. The summed E-state index contributed by atoms with van der Waals surface area (Å²) in [5.74, 6) is 0. The Morgan fingerprint density at radius 1 is 1.47 bits per heavy atom. The monoisotopic (exact) mass is 262 g/mol. The van der Waals surface area contributed by atoms with Gasteiger partial charge in [0, 0.05) is 19.6 Å². The van der Waals surface area contributed by atoms with Crippen molar-refractivity contribution in [3.8, 4) is 0 Å². The third-order valence-corrected chi connectivity index (χ3v) is 4.35. The van der Waals surface area contributed by atoms with Gasteiger partial charge in [-0.3, -0.25) is 0 Å². The topological polar surface area (TPSA) is 58.6 Å². The van der Waals surface area contributed by atoms with Crippen LogP contribution in [0.3, 0.4) is 0 Å². The number of nitrogens with one attached hydrogen (secondary N) is 1. The van der Waals surface area contributed by atoms with Crippen LogP contribution in [-0.2, 0) is 14.8 Å². The van der Waals surface area contributed by atoms with Gasteiger partial charge < -0.3 is 9.64 Å². The molecule has 0 radical (unpaired) electrons. The Bertz CT molecular complexity index is 367. The normalized spacial score (nSPS) is 35.5. The van der Waals surface area contributed by atoms with E-state index >= 15 is 0 Å². The van der Waals surface area contributed by atoms with Crippen LogP contribution in [0.5, 0.6) is 0 Å². The number of sulfonamides is 1. The summed E-state index contributed by atoms with van der Waals surface area (Å²) < 4.78 is 30.8. The van der Waals surface area contributed by atoms with Gasteiger partial charge >= 0.3 is 0 Å². The zero-order valence-electron chi connectivity index (χ0n) is 10.6.